The Kier molecular flexibility index (Phi) is 5.41. The summed E-state index contributed by atoms with van der Waals surface area (Å²) in [5.74, 6) is -0.584. The molecule has 0 spiro atoms. The first-order valence-corrected chi connectivity index (χ1v) is 10.5. The number of piperidine rings is 1. The third kappa shape index (κ3) is 3.84. The van der Waals surface area contributed by atoms with Gasteiger partial charge in [-0.3, -0.25) is 4.57 Å². The van der Waals surface area contributed by atoms with Gasteiger partial charge in [-0.2, -0.15) is 17.5 Å². The minimum absolute atomic E-state index is 0.0496. The molecule has 0 radical (unpaired) electrons. The zero-order chi connectivity index (χ0) is 21.7. The van der Waals surface area contributed by atoms with Gasteiger partial charge < -0.3 is 4.57 Å². The van der Waals surface area contributed by atoms with E-state index in [1.807, 2.05) is 13.8 Å². The predicted octanol–water partition coefficient (Wildman–Crippen LogP) is 1.48. The molecule has 1 aliphatic heterocycles. The van der Waals surface area contributed by atoms with E-state index < -0.39 is 33.8 Å². The quantitative estimate of drug-likeness (QED) is 0.724. The lowest BCUT2D eigenvalue weighted by molar-refractivity contribution is -0.147. The molecule has 0 aromatic carbocycles. The van der Waals surface area contributed by atoms with Crippen molar-refractivity contribution in [1.29, 1.82) is 0 Å². The second kappa shape index (κ2) is 7.27. The maximum atomic E-state index is 13.0. The fourth-order valence-electron chi connectivity index (χ4n) is 3.51. The number of imidazole rings is 1. The van der Waals surface area contributed by atoms with Gasteiger partial charge in [0.25, 0.3) is 10.0 Å². The Morgan fingerprint density at radius 1 is 1.17 bits per heavy atom. The molecule has 162 valence electrons. The minimum atomic E-state index is -4.74. The molecule has 29 heavy (non-hydrogen) atoms. The summed E-state index contributed by atoms with van der Waals surface area (Å²) in [6, 6.07) is -0.605. The van der Waals surface area contributed by atoms with E-state index >= 15 is 0 Å². The van der Waals surface area contributed by atoms with Gasteiger partial charge in [-0.25, -0.2) is 22.9 Å². The molecule has 0 amide bonds. The van der Waals surface area contributed by atoms with Crippen molar-refractivity contribution in [2.75, 3.05) is 13.1 Å². The van der Waals surface area contributed by atoms with Gasteiger partial charge in [-0.15, -0.1) is 5.10 Å². The average molecular weight is 436 g/mol. The Morgan fingerprint density at radius 3 is 2.21 bits per heavy atom. The highest BCUT2D eigenvalue weighted by molar-refractivity contribution is 7.89. The van der Waals surface area contributed by atoms with Crippen LogP contribution in [0.2, 0.25) is 0 Å². The summed E-state index contributed by atoms with van der Waals surface area (Å²) in [7, 11) is -1.09. The maximum absolute atomic E-state index is 13.0. The summed E-state index contributed by atoms with van der Waals surface area (Å²) in [6.45, 7) is 3.93. The first kappa shape index (κ1) is 21.6. The van der Waals surface area contributed by atoms with Crippen LogP contribution in [0.1, 0.15) is 50.3 Å². The predicted molar refractivity (Wildman–Crippen MR) is 96.8 cm³/mol. The van der Waals surface area contributed by atoms with Crippen LogP contribution in [0.15, 0.2) is 16.0 Å². The third-order valence-electron chi connectivity index (χ3n) is 5.04. The largest absolute Gasteiger partial charge is 0.451 e. The van der Waals surface area contributed by atoms with Gasteiger partial charge in [-0.1, -0.05) is 13.8 Å². The van der Waals surface area contributed by atoms with Crippen LogP contribution >= 0.6 is 0 Å². The van der Waals surface area contributed by atoms with Crippen LogP contribution in [-0.4, -0.2) is 49.7 Å². The van der Waals surface area contributed by atoms with Gasteiger partial charge in [0.1, 0.15) is 5.82 Å². The van der Waals surface area contributed by atoms with E-state index in [1.165, 1.54) is 10.5 Å². The topological polar surface area (TPSA) is 95.0 Å². The Bertz CT molecular complexity index is 1060. The third-order valence-corrected chi connectivity index (χ3v) is 6.81. The van der Waals surface area contributed by atoms with Gasteiger partial charge >= 0.3 is 11.9 Å². The van der Waals surface area contributed by atoms with Crippen LogP contribution in [0.4, 0.5) is 13.2 Å². The van der Waals surface area contributed by atoms with Crippen LogP contribution in [0.25, 0.3) is 0 Å². The van der Waals surface area contributed by atoms with Gasteiger partial charge in [0, 0.05) is 39.3 Å². The maximum Gasteiger partial charge on any atom is 0.451 e. The van der Waals surface area contributed by atoms with E-state index in [0.29, 0.717) is 10.4 Å². The molecule has 9 nitrogen and oxygen atoms in total. The summed E-state index contributed by atoms with van der Waals surface area (Å²) in [5, 5.41) is 3.38. The Hall–Kier alpha value is -2.15. The van der Waals surface area contributed by atoms with Crippen LogP contribution in [0, 0.1) is 0 Å². The zero-order valence-electron chi connectivity index (χ0n) is 16.5. The lowest BCUT2D eigenvalue weighted by Gasteiger charge is -2.30. The highest BCUT2D eigenvalue weighted by Crippen LogP contribution is 2.29. The van der Waals surface area contributed by atoms with E-state index in [4.69, 9.17) is 0 Å². The van der Waals surface area contributed by atoms with E-state index in [-0.39, 0.29) is 36.9 Å². The molecule has 0 bridgehead atoms. The van der Waals surface area contributed by atoms with Crippen LogP contribution in [0.5, 0.6) is 0 Å². The number of alkyl halides is 3. The molecule has 1 aliphatic rings. The highest BCUT2D eigenvalue weighted by Gasteiger charge is 2.40. The lowest BCUT2D eigenvalue weighted by atomic mass is 10.1. The normalized spacial score (nSPS) is 17.4. The average Bonchev–Trinajstić information content (AvgIpc) is 3.16. The highest BCUT2D eigenvalue weighted by atomic mass is 32.2. The summed E-state index contributed by atoms with van der Waals surface area (Å²) < 4.78 is 68.9. The number of hydrogen-bond donors (Lipinski definition) is 0. The van der Waals surface area contributed by atoms with Crippen LogP contribution < -0.4 is 5.69 Å². The number of aryl methyl sites for hydroxylation is 1. The molecule has 0 unspecified atom stereocenters. The lowest BCUT2D eigenvalue weighted by Crippen LogP contribution is -2.41. The minimum Gasteiger partial charge on any atom is -0.336 e. The molecular formula is C16H23F3N6O3S. The monoisotopic (exact) mass is 436 g/mol. The molecule has 13 heteroatoms. The smallest absolute Gasteiger partial charge is 0.336 e. The number of halogens is 3. The number of hydrogen-bond acceptors (Lipinski definition) is 5. The summed E-state index contributed by atoms with van der Waals surface area (Å²) in [4.78, 5) is 16.4. The molecule has 2 aromatic heterocycles. The molecule has 1 saturated heterocycles. The molecule has 3 heterocycles. The van der Waals surface area contributed by atoms with E-state index in [0.717, 1.165) is 11.7 Å². The summed E-state index contributed by atoms with van der Waals surface area (Å²) in [6.07, 6.45) is -2.93. The van der Waals surface area contributed by atoms with Gasteiger partial charge in [0.2, 0.25) is 5.82 Å². The van der Waals surface area contributed by atoms with Crippen molar-refractivity contribution in [3.8, 4) is 0 Å². The number of aromatic nitrogens is 5. The molecular weight excluding hydrogens is 413 g/mol. The molecule has 0 saturated carbocycles. The summed E-state index contributed by atoms with van der Waals surface area (Å²) in [5.41, 5.74) is -0.870. The van der Waals surface area contributed by atoms with Crippen molar-refractivity contribution in [3.63, 3.8) is 0 Å². The first-order valence-electron chi connectivity index (χ1n) is 9.10. The van der Waals surface area contributed by atoms with E-state index in [9.17, 15) is 26.4 Å². The molecule has 0 atom stereocenters. The molecule has 0 N–H and O–H groups in total. The van der Waals surface area contributed by atoms with Gasteiger partial charge in [-0.05, 0) is 12.8 Å². The SMILES string of the molecule is CC(C)c1nc(S(=O)(=O)N2CCC(n3nc(C(F)(F)F)n(C)c3=O)CC2)cn1C. The van der Waals surface area contributed by atoms with Crippen LogP contribution in [-0.2, 0) is 30.3 Å². The standard InChI is InChI=1S/C16H23F3N6O3S/c1-10(2)13-20-12(9-22(13)3)29(27,28)24-7-5-11(6-8-24)25-15(26)23(4)14(21-25)16(17,18)19/h9-11H,5-8H2,1-4H3. The van der Waals surface area contributed by atoms with Crippen LogP contribution in [0.3, 0.4) is 0 Å². The first-order chi connectivity index (χ1) is 13.3. The van der Waals surface area contributed by atoms with Crippen molar-refractivity contribution >= 4 is 10.0 Å². The van der Waals surface area contributed by atoms with E-state index in [2.05, 4.69) is 10.1 Å². The van der Waals surface area contributed by atoms with Crippen molar-refractivity contribution in [3.05, 3.63) is 28.3 Å². The Labute approximate surface area is 165 Å². The van der Waals surface area contributed by atoms with Crippen molar-refractivity contribution < 1.29 is 21.6 Å². The fraction of sp³-hybridized carbons (Fsp3) is 0.688. The number of nitrogens with zero attached hydrogens (tertiary/aromatic N) is 6. The van der Waals surface area contributed by atoms with Gasteiger partial charge in [0.05, 0.1) is 6.04 Å². The van der Waals surface area contributed by atoms with Crippen molar-refractivity contribution in [1.82, 2.24) is 28.2 Å². The Balaban J connectivity index is 1.79. The number of sulfonamides is 1. The summed E-state index contributed by atoms with van der Waals surface area (Å²) >= 11 is 0. The zero-order valence-corrected chi connectivity index (χ0v) is 17.3. The van der Waals surface area contributed by atoms with E-state index in [1.54, 1.807) is 11.6 Å². The van der Waals surface area contributed by atoms with Crippen molar-refractivity contribution in [2.24, 2.45) is 14.1 Å². The molecule has 1 fully saturated rings. The van der Waals surface area contributed by atoms with Crippen molar-refractivity contribution in [2.45, 2.75) is 49.9 Å². The molecule has 3 rings (SSSR count). The molecule has 0 aliphatic carbocycles. The fourth-order valence-corrected chi connectivity index (χ4v) is 4.97. The molecule has 2 aromatic rings. The second-order valence-corrected chi connectivity index (χ2v) is 9.33. The number of rotatable bonds is 4. The Morgan fingerprint density at radius 2 is 1.76 bits per heavy atom. The second-order valence-electron chi connectivity index (χ2n) is 7.45. The van der Waals surface area contributed by atoms with Gasteiger partial charge in [0.15, 0.2) is 5.03 Å².